The average Bonchev–Trinajstić information content (AvgIpc) is 2.67. The average molecular weight is 268 g/mol. The largest absolute Gasteiger partial charge is 0.390 e. The molecule has 0 aliphatic carbocycles. The topological polar surface area (TPSA) is 49.5 Å². The minimum atomic E-state index is -0.497. The molecule has 0 bridgehead atoms. The molecule has 4 heteroatoms. The van der Waals surface area contributed by atoms with Crippen LogP contribution in [0.3, 0.4) is 0 Å². The molecule has 3 N–H and O–H groups in total. The Morgan fingerprint density at radius 2 is 2.06 bits per heavy atom. The Morgan fingerprint density at radius 1 is 1.44 bits per heavy atom. The molecule has 1 fully saturated rings. The maximum absolute atomic E-state index is 10.0. The summed E-state index contributed by atoms with van der Waals surface area (Å²) in [5, 5.41) is 12.2. The second-order valence-corrected chi connectivity index (χ2v) is 6.75. The smallest absolute Gasteiger partial charge is 0.0644 e. The van der Waals surface area contributed by atoms with E-state index in [0.29, 0.717) is 6.04 Å². The lowest BCUT2D eigenvalue weighted by molar-refractivity contribution is -0.0190. The highest BCUT2D eigenvalue weighted by atomic mass is 32.1. The zero-order valence-corrected chi connectivity index (χ0v) is 12.3. The molecule has 0 amide bonds. The molecule has 18 heavy (non-hydrogen) atoms. The first-order chi connectivity index (χ1) is 8.41. The van der Waals surface area contributed by atoms with Gasteiger partial charge in [0.05, 0.1) is 11.6 Å². The first-order valence-electron chi connectivity index (χ1n) is 6.67. The summed E-state index contributed by atoms with van der Waals surface area (Å²) < 4.78 is 0. The lowest BCUT2D eigenvalue weighted by Gasteiger charge is -2.41. The van der Waals surface area contributed by atoms with Crippen molar-refractivity contribution in [2.45, 2.75) is 51.3 Å². The van der Waals surface area contributed by atoms with Gasteiger partial charge in [-0.2, -0.15) is 0 Å². The molecule has 0 radical (unpaired) electrons. The highest BCUT2D eigenvalue weighted by molar-refractivity contribution is 7.10. The summed E-state index contributed by atoms with van der Waals surface area (Å²) >= 11 is 1.80. The van der Waals surface area contributed by atoms with Crippen LogP contribution in [-0.2, 0) is 0 Å². The third kappa shape index (κ3) is 2.94. The molecule has 1 saturated heterocycles. The number of nitrogens with zero attached hydrogens (tertiary/aromatic N) is 1. The van der Waals surface area contributed by atoms with Crippen molar-refractivity contribution in [1.29, 1.82) is 0 Å². The summed E-state index contributed by atoms with van der Waals surface area (Å²) in [7, 11) is 0. The SMILES string of the molecule is Cc1ccsc1C(C(C)N)N1CCC(C)(O)CC1. The van der Waals surface area contributed by atoms with E-state index >= 15 is 0 Å². The van der Waals surface area contributed by atoms with E-state index in [4.69, 9.17) is 5.73 Å². The van der Waals surface area contributed by atoms with Crippen LogP contribution in [0.2, 0.25) is 0 Å². The fraction of sp³-hybridized carbons (Fsp3) is 0.714. The summed E-state index contributed by atoms with van der Waals surface area (Å²) in [6.07, 6.45) is 1.67. The highest BCUT2D eigenvalue weighted by Gasteiger charge is 2.33. The van der Waals surface area contributed by atoms with Gasteiger partial charge in [0.25, 0.3) is 0 Å². The van der Waals surface area contributed by atoms with Gasteiger partial charge in [-0.1, -0.05) is 0 Å². The van der Waals surface area contributed by atoms with Crippen LogP contribution in [0.25, 0.3) is 0 Å². The first kappa shape index (κ1) is 14.0. The van der Waals surface area contributed by atoms with Gasteiger partial charge in [0.1, 0.15) is 0 Å². The van der Waals surface area contributed by atoms with Crippen molar-refractivity contribution in [3.05, 3.63) is 21.9 Å². The van der Waals surface area contributed by atoms with Crippen molar-refractivity contribution < 1.29 is 5.11 Å². The second-order valence-electron chi connectivity index (χ2n) is 5.80. The number of nitrogens with two attached hydrogens (primary N) is 1. The zero-order chi connectivity index (χ0) is 13.3. The molecule has 2 unspecified atom stereocenters. The van der Waals surface area contributed by atoms with Gasteiger partial charge in [-0.05, 0) is 50.6 Å². The maximum Gasteiger partial charge on any atom is 0.0644 e. The van der Waals surface area contributed by atoms with E-state index in [1.807, 2.05) is 6.92 Å². The molecule has 0 spiro atoms. The number of hydrogen-bond donors (Lipinski definition) is 2. The highest BCUT2D eigenvalue weighted by Crippen LogP contribution is 2.34. The van der Waals surface area contributed by atoms with Crippen LogP contribution in [-0.4, -0.2) is 34.7 Å². The van der Waals surface area contributed by atoms with Crippen molar-refractivity contribution in [2.75, 3.05) is 13.1 Å². The lowest BCUT2D eigenvalue weighted by Crippen LogP contribution is -2.47. The standard InChI is InChI=1S/C14H24N2OS/c1-10-4-9-18-13(10)12(11(2)15)16-7-5-14(3,17)6-8-16/h4,9,11-12,17H,5-8,15H2,1-3H3. The van der Waals surface area contributed by atoms with Gasteiger partial charge in [0, 0.05) is 24.0 Å². The molecule has 1 aromatic rings. The van der Waals surface area contributed by atoms with Crippen LogP contribution in [0.5, 0.6) is 0 Å². The van der Waals surface area contributed by atoms with Gasteiger partial charge in [-0.3, -0.25) is 4.90 Å². The van der Waals surface area contributed by atoms with Crippen molar-refractivity contribution in [3.8, 4) is 0 Å². The molecule has 2 rings (SSSR count). The number of piperidine rings is 1. The molecular formula is C14H24N2OS. The molecule has 102 valence electrons. The van der Waals surface area contributed by atoms with E-state index in [1.165, 1.54) is 10.4 Å². The fourth-order valence-electron chi connectivity index (χ4n) is 2.71. The number of aryl methyl sites for hydroxylation is 1. The van der Waals surface area contributed by atoms with E-state index in [2.05, 4.69) is 30.2 Å². The predicted molar refractivity (Wildman–Crippen MR) is 76.9 cm³/mol. The van der Waals surface area contributed by atoms with Crippen LogP contribution in [0.15, 0.2) is 11.4 Å². The quantitative estimate of drug-likeness (QED) is 0.884. The predicted octanol–water partition coefficient (Wildman–Crippen LogP) is 2.29. The Labute approximate surface area is 114 Å². The third-order valence-corrected chi connectivity index (χ3v) is 5.03. The summed E-state index contributed by atoms with van der Waals surface area (Å²) in [5.74, 6) is 0. The summed E-state index contributed by atoms with van der Waals surface area (Å²) in [6, 6.07) is 2.57. The van der Waals surface area contributed by atoms with Gasteiger partial charge in [0.15, 0.2) is 0 Å². The number of aliphatic hydroxyl groups is 1. The maximum atomic E-state index is 10.0. The normalized spacial score (nSPS) is 23.8. The van der Waals surface area contributed by atoms with E-state index in [9.17, 15) is 5.11 Å². The summed E-state index contributed by atoms with van der Waals surface area (Å²) in [4.78, 5) is 3.81. The van der Waals surface area contributed by atoms with E-state index in [-0.39, 0.29) is 6.04 Å². The zero-order valence-electron chi connectivity index (χ0n) is 11.5. The molecule has 2 heterocycles. The minimum Gasteiger partial charge on any atom is -0.390 e. The molecule has 1 aromatic heterocycles. The van der Waals surface area contributed by atoms with Crippen molar-refractivity contribution in [3.63, 3.8) is 0 Å². The van der Waals surface area contributed by atoms with Crippen LogP contribution >= 0.6 is 11.3 Å². The van der Waals surface area contributed by atoms with Gasteiger partial charge in [-0.15, -0.1) is 11.3 Å². The molecule has 2 atom stereocenters. The van der Waals surface area contributed by atoms with Gasteiger partial charge in [-0.25, -0.2) is 0 Å². The Hall–Kier alpha value is -0.420. The minimum absolute atomic E-state index is 0.116. The molecule has 0 aromatic carbocycles. The molecule has 3 nitrogen and oxygen atoms in total. The van der Waals surface area contributed by atoms with Crippen molar-refractivity contribution in [2.24, 2.45) is 5.73 Å². The number of thiophene rings is 1. The first-order valence-corrected chi connectivity index (χ1v) is 7.55. The Balaban J connectivity index is 2.15. The van der Waals surface area contributed by atoms with Crippen LogP contribution in [0, 0.1) is 6.92 Å². The van der Waals surface area contributed by atoms with E-state index < -0.39 is 5.60 Å². The van der Waals surface area contributed by atoms with Crippen molar-refractivity contribution >= 4 is 11.3 Å². The second kappa shape index (κ2) is 5.29. The number of rotatable bonds is 3. The molecule has 0 saturated carbocycles. The monoisotopic (exact) mass is 268 g/mol. The Morgan fingerprint density at radius 3 is 2.50 bits per heavy atom. The third-order valence-electron chi connectivity index (χ3n) is 3.94. The van der Waals surface area contributed by atoms with E-state index in [0.717, 1.165) is 25.9 Å². The van der Waals surface area contributed by atoms with Crippen molar-refractivity contribution in [1.82, 2.24) is 4.90 Å². The summed E-state index contributed by atoms with van der Waals surface area (Å²) in [6.45, 7) is 8.02. The Bertz CT molecular complexity index is 390. The van der Waals surface area contributed by atoms with Gasteiger partial charge >= 0.3 is 0 Å². The molecule has 1 aliphatic rings. The van der Waals surface area contributed by atoms with Gasteiger partial charge in [0.2, 0.25) is 0 Å². The van der Waals surface area contributed by atoms with Crippen LogP contribution in [0.1, 0.15) is 43.2 Å². The number of likely N-dealkylation sites (tertiary alicyclic amines) is 1. The molecular weight excluding hydrogens is 244 g/mol. The van der Waals surface area contributed by atoms with Crippen LogP contribution < -0.4 is 5.73 Å². The molecule has 1 aliphatic heterocycles. The number of hydrogen-bond acceptors (Lipinski definition) is 4. The van der Waals surface area contributed by atoms with E-state index in [1.54, 1.807) is 11.3 Å². The lowest BCUT2D eigenvalue weighted by atomic mass is 9.91. The van der Waals surface area contributed by atoms with Gasteiger partial charge < -0.3 is 10.8 Å². The fourth-order valence-corrected chi connectivity index (χ4v) is 3.88. The van der Waals surface area contributed by atoms with Crippen LogP contribution in [0.4, 0.5) is 0 Å². The summed E-state index contributed by atoms with van der Waals surface area (Å²) in [5.41, 5.74) is 7.03. The Kier molecular flexibility index (Phi) is 4.11.